The topological polar surface area (TPSA) is 31.4 Å². The minimum absolute atomic E-state index is 0.0677. The van der Waals surface area contributed by atoms with Crippen molar-refractivity contribution in [3.05, 3.63) is 23.5 Å². The monoisotopic (exact) mass is 253 g/mol. The number of nitrogens with zero attached hydrogens (tertiary/aromatic N) is 1. The summed E-state index contributed by atoms with van der Waals surface area (Å²) in [6, 6.07) is 0. The second-order valence-electron chi connectivity index (χ2n) is 3.11. The number of aromatic nitrogens is 1. The van der Waals surface area contributed by atoms with Crippen LogP contribution in [0.5, 0.6) is 5.75 Å². The molecule has 96 valence electrons. The Morgan fingerprint density at radius 3 is 2.06 bits per heavy atom. The summed E-state index contributed by atoms with van der Waals surface area (Å²) in [5.41, 5.74) is 0. The molecule has 17 heavy (non-hydrogen) atoms. The molecule has 1 heterocycles. The molecule has 0 saturated carbocycles. The Morgan fingerprint density at radius 1 is 0.941 bits per heavy atom. The fourth-order valence-corrected chi connectivity index (χ4v) is 1.04. The SMILES string of the molecule is CCCOCCOc1c(F)c(F)nc(F)c1F. The van der Waals surface area contributed by atoms with Gasteiger partial charge in [-0.2, -0.15) is 22.5 Å². The fourth-order valence-electron chi connectivity index (χ4n) is 1.04. The molecule has 7 heteroatoms. The van der Waals surface area contributed by atoms with Gasteiger partial charge in [-0.1, -0.05) is 6.92 Å². The number of rotatable bonds is 6. The lowest BCUT2D eigenvalue weighted by atomic mass is 10.4. The molecule has 1 aromatic heterocycles. The van der Waals surface area contributed by atoms with Gasteiger partial charge in [0.25, 0.3) is 11.9 Å². The first kappa shape index (κ1) is 13.7. The van der Waals surface area contributed by atoms with E-state index in [-0.39, 0.29) is 13.2 Å². The zero-order chi connectivity index (χ0) is 12.8. The average molecular weight is 253 g/mol. The maximum atomic E-state index is 13.0. The molecule has 1 aromatic rings. The van der Waals surface area contributed by atoms with Crippen molar-refractivity contribution in [2.24, 2.45) is 0 Å². The van der Waals surface area contributed by atoms with Crippen LogP contribution in [0.25, 0.3) is 0 Å². The van der Waals surface area contributed by atoms with E-state index >= 15 is 0 Å². The van der Waals surface area contributed by atoms with Crippen molar-refractivity contribution in [2.75, 3.05) is 19.8 Å². The van der Waals surface area contributed by atoms with E-state index in [1.54, 1.807) is 0 Å². The summed E-state index contributed by atoms with van der Waals surface area (Å²) in [4.78, 5) is 2.40. The maximum Gasteiger partial charge on any atom is 0.255 e. The van der Waals surface area contributed by atoms with Gasteiger partial charge < -0.3 is 9.47 Å². The van der Waals surface area contributed by atoms with Crippen LogP contribution in [0.1, 0.15) is 13.3 Å². The molecule has 0 N–H and O–H groups in total. The Kier molecular flexibility index (Phi) is 5.14. The van der Waals surface area contributed by atoms with E-state index in [4.69, 9.17) is 4.74 Å². The molecule has 1 rings (SSSR count). The largest absolute Gasteiger partial charge is 0.485 e. The number of halogens is 4. The average Bonchev–Trinajstić information content (AvgIpc) is 2.30. The van der Waals surface area contributed by atoms with Crippen molar-refractivity contribution in [2.45, 2.75) is 13.3 Å². The lowest BCUT2D eigenvalue weighted by molar-refractivity contribution is 0.0964. The fraction of sp³-hybridized carbons (Fsp3) is 0.500. The van der Waals surface area contributed by atoms with Gasteiger partial charge >= 0.3 is 0 Å². The first-order chi connectivity index (χ1) is 8.07. The predicted octanol–water partition coefficient (Wildman–Crippen LogP) is 2.44. The zero-order valence-corrected chi connectivity index (χ0v) is 9.10. The molecule has 0 aliphatic heterocycles. The molecule has 0 aromatic carbocycles. The summed E-state index contributed by atoms with van der Waals surface area (Å²) >= 11 is 0. The third-order valence-electron chi connectivity index (χ3n) is 1.78. The molecule has 0 amide bonds. The third-order valence-corrected chi connectivity index (χ3v) is 1.78. The van der Waals surface area contributed by atoms with Gasteiger partial charge in [-0.15, -0.1) is 0 Å². The van der Waals surface area contributed by atoms with E-state index in [1.165, 1.54) is 0 Å². The second-order valence-corrected chi connectivity index (χ2v) is 3.11. The van der Waals surface area contributed by atoms with Crippen LogP contribution in [0, 0.1) is 23.5 Å². The summed E-state index contributed by atoms with van der Waals surface area (Å²) in [5, 5.41) is 0. The number of ether oxygens (including phenoxy) is 2. The highest BCUT2D eigenvalue weighted by atomic mass is 19.2. The highest BCUT2D eigenvalue weighted by Gasteiger charge is 2.21. The van der Waals surface area contributed by atoms with Crippen LogP contribution >= 0.6 is 0 Å². The number of hydrogen-bond donors (Lipinski definition) is 0. The summed E-state index contributed by atoms with van der Waals surface area (Å²) in [7, 11) is 0. The smallest absolute Gasteiger partial charge is 0.255 e. The summed E-state index contributed by atoms with van der Waals surface area (Å²) in [5.74, 6) is -7.91. The number of hydrogen-bond acceptors (Lipinski definition) is 3. The molecular weight excluding hydrogens is 242 g/mol. The van der Waals surface area contributed by atoms with Crippen LogP contribution in [0.4, 0.5) is 17.6 Å². The molecule has 0 radical (unpaired) electrons. The lowest BCUT2D eigenvalue weighted by Gasteiger charge is -2.08. The van der Waals surface area contributed by atoms with Crippen LogP contribution in [0.3, 0.4) is 0 Å². The van der Waals surface area contributed by atoms with Gasteiger partial charge in [-0.05, 0) is 6.42 Å². The van der Waals surface area contributed by atoms with Gasteiger partial charge in [-0.3, -0.25) is 0 Å². The molecule has 0 saturated heterocycles. The first-order valence-electron chi connectivity index (χ1n) is 4.98. The van der Waals surface area contributed by atoms with Gasteiger partial charge in [0.05, 0.1) is 6.61 Å². The number of pyridine rings is 1. The highest BCUT2D eigenvalue weighted by Crippen LogP contribution is 2.24. The standard InChI is InChI=1S/C10H11F4NO2/c1-2-3-16-4-5-17-8-6(11)9(13)15-10(14)7(8)12/h2-5H2,1H3. The van der Waals surface area contributed by atoms with Crippen molar-refractivity contribution in [1.82, 2.24) is 4.98 Å². The van der Waals surface area contributed by atoms with Crippen molar-refractivity contribution in [1.29, 1.82) is 0 Å². The first-order valence-corrected chi connectivity index (χ1v) is 4.98. The molecule has 0 unspecified atom stereocenters. The van der Waals surface area contributed by atoms with Gasteiger partial charge in [-0.25, -0.2) is 0 Å². The van der Waals surface area contributed by atoms with Gasteiger partial charge in [0.1, 0.15) is 6.61 Å². The quantitative estimate of drug-likeness (QED) is 0.443. The molecule has 0 aliphatic carbocycles. The highest BCUT2D eigenvalue weighted by molar-refractivity contribution is 5.24. The molecule has 0 atom stereocenters. The Labute approximate surface area is 95.4 Å². The summed E-state index contributed by atoms with van der Waals surface area (Å²) in [6.07, 6.45) is 0.779. The lowest BCUT2D eigenvalue weighted by Crippen LogP contribution is -2.11. The minimum atomic E-state index is -1.74. The van der Waals surface area contributed by atoms with E-state index in [0.29, 0.717) is 6.61 Å². The maximum absolute atomic E-state index is 13.0. The Bertz CT molecular complexity index is 361. The van der Waals surface area contributed by atoms with Crippen LogP contribution in [-0.4, -0.2) is 24.8 Å². The summed E-state index contributed by atoms with van der Waals surface area (Å²) in [6.45, 7) is 2.20. The molecular formula is C10H11F4NO2. The zero-order valence-electron chi connectivity index (χ0n) is 9.10. The van der Waals surface area contributed by atoms with Crippen LogP contribution < -0.4 is 4.74 Å². The Balaban J connectivity index is 2.64. The van der Waals surface area contributed by atoms with Crippen molar-refractivity contribution < 1.29 is 27.0 Å². The van der Waals surface area contributed by atoms with E-state index in [9.17, 15) is 17.6 Å². The molecule has 0 bridgehead atoms. The van der Waals surface area contributed by atoms with Crippen LogP contribution in [0.2, 0.25) is 0 Å². The van der Waals surface area contributed by atoms with Crippen molar-refractivity contribution in [3.8, 4) is 5.75 Å². The Hall–Kier alpha value is -1.37. The van der Waals surface area contributed by atoms with Crippen molar-refractivity contribution in [3.63, 3.8) is 0 Å². The van der Waals surface area contributed by atoms with Gasteiger partial charge in [0.2, 0.25) is 17.4 Å². The van der Waals surface area contributed by atoms with E-state index in [1.807, 2.05) is 6.92 Å². The molecule has 0 aliphatic rings. The van der Waals surface area contributed by atoms with Gasteiger partial charge in [0, 0.05) is 6.61 Å². The normalized spacial score (nSPS) is 10.6. The second kappa shape index (κ2) is 6.39. The summed E-state index contributed by atoms with van der Waals surface area (Å²) < 4.78 is 60.9. The molecule has 0 spiro atoms. The molecule has 3 nitrogen and oxygen atoms in total. The molecule has 0 fully saturated rings. The van der Waals surface area contributed by atoms with E-state index in [2.05, 4.69) is 9.72 Å². The third kappa shape index (κ3) is 3.55. The Morgan fingerprint density at radius 2 is 1.53 bits per heavy atom. The predicted molar refractivity (Wildman–Crippen MR) is 50.7 cm³/mol. The van der Waals surface area contributed by atoms with Gasteiger partial charge in [0.15, 0.2) is 0 Å². The van der Waals surface area contributed by atoms with E-state index in [0.717, 1.165) is 6.42 Å². The van der Waals surface area contributed by atoms with Crippen LogP contribution in [-0.2, 0) is 4.74 Å². The van der Waals surface area contributed by atoms with Crippen LogP contribution in [0.15, 0.2) is 0 Å². The van der Waals surface area contributed by atoms with E-state index < -0.39 is 29.3 Å². The van der Waals surface area contributed by atoms with Crippen molar-refractivity contribution >= 4 is 0 Å². The minimum Gasteiger partial charge on any atom is -0.485 e.